The summed E-state index contributed by atoms with van der Waals surface area (Å²) in [5, 5.41) is 4.61. The molecule has 98 valence electrons. The topological polar surface area (TPSA) is 17.8 Å². The summed E-state index contributed by atoms with van der Waals surface area (Å²) in [6.07, 6.45) is 9.98. The highest BCUT2D eigenvalue weighted by Gasteiger charge is 2.28. The Hall–Kier alpha value is -1.57. The second-order valence-corrected chi connectivity index (χ2v) is 5.96. The molecule has 2 aromatic rings. The zero-order chi connectivity index (χ0) is 12.7. The molecule has 0 amide bonds. The second-order valence-electron chi connectivity index (χ2n) is 5.96. The van der Waals surface area contributed by atoms with Crippen LogP contribution in [0.3, 0.4) is 0 Å². The normalized spacial score (nSPS) is 20.0. The third-order valence-corrected chi connectivity index (χ3v) is 4.59. The molecule has 0 spiro atoms. The predicted octanol–water partition coefficient (Wildman–Crippen LogP) is 4.54. The molecule has 19 heavy (non-hydrogen) atoms. The van der Waals surface area contributed by atoms with Crippen molar-refractivity contribution in [2.75, 3.05) is 0 Å². The van der Waals surface area contributed by atoms with E-state index in [0.29, 0.717) is 6.04 Å². The summed E-state index contributed by atoms with van der Waals surface area (Å²) in [5.74, 6) is 0.795. The lowest BCUT2D eigenvalue weighted by Gasteiger charge is -2.16. The molecule has 0 radical (unpaired) electrons. The van der Waals surface area contributed by atoms with Gasteiger partial charge in [-0.1, -0.05) is 37.1 Å². The first kappa shape index (κ1) is 11.3. The van der Waals surface area contributed by atoms with Crippen LogP contribution in [0.5, 0.6) is 0 Å². The maximum Gasteiger partial charge on any atom is 0.0688 e. The van der Waals surface area contributed by atoms with Crippen LogP contribution >= 0.6 is 0 Å². The molecule has 0 aliphatic heterocycles. The van der Waals surface area contributed by atoms with Crippen LogP contribution in [0.25, 0.3) is 11.3 Å². The van der Waals surface area contributed by atoms with Crippen LogP contribution in [0, 0.1) is 0 Å². The van der Waals surface area contributed by atoms with Gasteiger partial charge in [-0.2, -0.15) is 5.10 Å². The Kier molecular flexibility index (Phi) is 2.68. The van der Waals surface area contributed by atoms with E-state index in [4.69, 9.17) is 0 Å². The van der Waals surface area contributed by atoms with Gasteiger partial charge >= 0.3 is 0 Å². The first-order valence-electron chi connectivity index (χ1n) is 7.56. The highest BCUT2D eigenvalue weighted by atomic mass is 15.3. The molecule has 0 N–H and O–H groups in total. The molecule has 1 heterocycles. The summed E-state index contributed by atoms with van der Waals surface area (Å²) in [6, 6.07) is 11.7. The van der Waals surface area contributed by atoms with Gasteiger partial charge in [-0.3, -0.25) is 4.68 Å². The molecule has 0 saturated heterocycles. The quantitative estimate of drug-likeness (QED) is 0.784. The number of aromatic nitrogens is 2. The third-order valence-electron chi connectivity index (χ3n) is 4.59. The molecule has 2 aliphatic carbocycles. The molecule has 1 aromatic carbocycles. The highest BCUT2D eigenvalue weighted by Crippen LogP contribution is 2.45. The first-order chi connectivity index (χ1) is 9.43. The van der Waals surface area contributed by atoms with Crippen LogP contribution in [-0.2, 0) is 0 Å². The Labute approximate surface area is 114 Å². The fourth-order valence-electron chi connectivity index (χ4n) is 3.45. The minimum absolute atomic E-state index is 0.622. The molecule has 0 atom stereocenters. The summed E-state index contributed by atoms with van der Waals surface area (Å²) in [5.41, 5.74) is 4.27. The zero-order valence-electron chi connectivity index (χ0n) is 11.3. The molecule has 2 aliphatic rings. The van der Waals surface area contributed by atoms with Crippen molar-refractivity contribution in [1.82, 2.24) is 9.78 Å². The largest absolute Gasteiger partial charge is 0.262 e. The first-order valence-corrected chi connectivity index (χ1v) is 7.56. The number of nitrogens with zero attached hydrogens (tertiary/aromatic N) is 2. The minimum atomic E-state index is 0.622. The van der Waals surface area contributed by atoms with Crippen LogP contribution < -0.4 is 0 Å². The Bertz CT molecular complexity index is 574. The molecule has 2 heteroatoms. The predicted molar refractivity (Wildman–Crippen MR) is 77.1 cm³/mol. The lowest BCUT2D eigenvalue weighted by atomic mass is 10.0. The molecule has 2 nitrogen and oxygen atoms in total. The van der Waals surface area contributed by atoms with Gasteiger partial charge in [0.25, 0.3) is 0 Å². The SMILES string of the molecule is c1ccc(C2CC2)c(-c2ccnn2C2CCCC2)c1. The maximum absolute atomic E-state index is 4.61. The molecule has 1 aromatic heterocycles. The Balaban J connectivity index is 1.78. The summed E-state index contributed by atoms with van der Waals surface area (Å²) in [7, 11) is 0. The van der Waals surface area contributed by atoms with Gasteiger partial charge in [0.2, 0.25) is 0 Å². The van der Waals surface area contributed by atoms with E-state index in [1.807, 2.05) is 6.20 Å². The number of hydrogen-bond acceptors (Lipinski definition) is 1. The van der Waals surface area contributed by atoms with Crippen molar-refractivity contribution in [3.05, 3.63) is 42.1 Å². The summed E-state index contributed by atoms with van der Waals surface area (Å²) >= 11 is 0. The maximum atomic E-state index is 4.61. The van der Waals surface area contributed by atoms with Crippen molar-refractivity contribution in [3.8, 4) is 11.3 Å². The van der Waals surface area contributed by atoms with E-state index in [1.54, 1.807) is 0 Å². The summed E-state index contributed by atoms with van der Waals surface area (Å²) < 4.78 is 2.29. The van der Waals surface area contributed by atoms with Crippen molar-refractivity contribution in [1.29, 1.82) is 0 Å². The number of hydrogen-bond donors (Lipinski definition) is 0. The average molecular weight is 252 g/mol. The van der Waals surface area contributed by atoms with Crippen LogP contribution in [-0.4, -0.2) is 9.78 Å². The van der Waals surface area contributed by atoms with Crippen molar-refractivity contribution in [2.24, 2.45) is 0 Å². The number of benzene rings is 1. The van der Waals surface area contributed by atoms with Gasteiger partial charge < -0.3 is 0 Å². The fourth-order valence-corrected chi connectivity index (χ4v) is 3.45. The van der Waals surface area contributed by atoms with Gasteiger partial charge in [-0.05, 0) is 43.2 Å². The van der Waals surface area contributed by atoms with E-state index in [2.05, 4.69) is 40.1 Å². The Morgan fingerprint density at radius 3 is 2.53 bits per heavy atom. The van der Waals surface area contributed by atoms with Crippen molar-refractivity contribution in [2.45, 2.75) is 50.5 Å². The van der Waals surface area contributed by atoms with E-state index in [0.717, 1.165) is 5.92 Å². The molecule has 4 rings (SSSR count). The lowest BCUT2D eigenvalue weighted by molar-refractivity contribution is 0.472. The van der Waals surface area contributed by atoms with E-state index < -0.39 is 0 Å². The standard InChI is InChI=1S/C17H20N2/c1-2-6-14(5-1)19-17(11-12-18-19)16-8-4-3-7-15(16)13-9-10-13/h3-4,7-8,11-14H,1-2,5-6,9-10H2. The minimum Gasteiger partial charge on any atom is -0.262 e. The van der Waals surface area contributed by atoms with Crippen LogP contribution in [0.1, 0.15) is 56.0 Å². The monoisotopic (exact) mass is 252 g/mol. The molecular formula is C17H20N2. The zero-order valence-corrected chi connectivity index (χ0v) is 11.3. The van der Waals surface area contributed by atoms with Gasteiger partial charge in [0.1, 0.15) is 0 Å². The molecular weight excluding hydrogens is 232 g/mol. The van der Waals surface area contributed by atoms with Gasteiger partial charge in [-0.25, -0.2) is 0 Å². The third kappa shape index (κ3) is 1.99. The van der Waals surface area contributed by atoms with Crippen LogP contribution in [0.15, 0.2) is 36.5 Å². The van der Waals surface area contributed by atoms with Crippen LogP contribution in [0.4, 0.5) is 0 Å². The van der Waals surface area contributed by atoms with E-state index in [1.165, 1.54) is 55.3 Å². The number of rotatable bonds is 3. The van der Waals surface area contributed by atoms with Crippen molar-refractivity contribution in [3.63, 3.8) is 0 Å². The molecule has 0 unspecified atom stereocenters. The molecule has 0 bridgehead atoms. The van der Waals surface area contributed by atoms with E-state index in [-0.39, 0.29) is 0 Å². The highest BCUT2D eigenvalue weighted by molar-refractivity contribution is 5.65. The van der Waals surface area contributed by atoms with E-state index in [9.17, 15) is 0 Å². The molecule has 2 saturated carbocycles. The average Bonchev–Trinajstić information content (AvgIpc) is 2.96. The lowest BCUT2D eigenvalue weighted by Crippen LogP contribution is -2.08. The van der Waals surface area contributed by atoms with Crippen molar-refractivity contribution >= 4 is 0 Å². The summed E-state index contributed by atoms with van der Waals surface area (Å²) in [6.45, 7) is 0. The Morgan fingerprint density at radius 1 is 0.947 bits per heavy atom. The fraction of sp³-hybridized carbons (Fsp3) is 0.471. The second kappa shape index (κ2) is 4.52. The van der Waals surface area contributed by atoms with Gasteiger partial charge in [-0.15, -0.1) is 0 Å². The van der Waals surface area contributed by atoms with Gasteiger partial charge in [0.05, 0.1) is 11.7 Å². The summed E-state index contributed by atoms with van der Waals surface area (Å²) in [4.78, 5) is 0. The van der Waals surface area contributed by atoms with Gasteiger partial charge in [0, 0.05) is 11.8 Å². The van der Waals surface area contributed by atoms with E-state index >= 15 is 0 Å². The van der Waals surface area contributed by atoms with Gasteiger partial charge in [0.15, 0.2) is 0 Å². The van der Waals surface area contributed by atoms with Crippen molar-refractivity contribution < 1.29 is 0 Å². The van der Waals surface area contributed by atoms with Crippen LogP contribution in [0.2, 0.25) is 0 Å². The smallest absolute Gasteiger partial charge is 0.0688 e. The molecule has 2 fully saturated rings. The Morgan fingerprint density at radius 2 is 1.74 bits per heavy atom.